The summed E-state index contributed by atoms with van der Waals surface area (Å²) in [5, 5.41) is 1.47. The van der Waals surface area contributed by atoms with Gasteiger partial charge >= 0.3 is 6.01 Å². The van der Waals surface area contributed by atoms with E-state index in [4.69, 9.17) is 16.1 Å². The van der Waals surface area contributed by atoms with Crippen molar-refractivity contribution in [3.8, 4) is 29.6 Å². The predicted molar refractivity (Wildman–Crippen MR) is 175 cm³/mol. The number of hydrogen-bond donors (Lipinski definition) is 0. The zero-order chi connectivity index (χ0) is 32.3. The van der Waals surface area contributed by atoms with Crippen molar-refractivity contribution in [3.05, 3.63) is 66.4 Å². The van der Waals surface area contributed by atoms with Gasteiger partial charge in [0.15, 0.2) is 5.82 Å². The molecule has 10 heteroatoms. The van der Waals surface area contributed by atoms with Crippen LogP contribution >= 0.6 is 0 Å². The van der Waals surface area contributed by atoms with E-state index in [1.807, 2.05) is 18.9 Å². The van der Waals surface area contributed by atoms with Gasteiger partial charge in [0.2, 0.25) is 5.91 Å². The van der Waals surface area contributed by atoms with Gasteiger partial charge in [0, 0.05) is 49.4 Å². The summed E-state index contributed by atoms with van der Waals surface area (Å²) in [6, 6.07) is 8.20. The monoisotopic (exact) mass is 622 g/mol. The van der Waals surface area contributed by atoms with Crippen molar-refractivity contribution in [2.24, 2.45) is 5.41 Å². The number of carbonyl (C=O) groups excluding carboxylic acids is 1. The maximum Gasteiger partial charge on any atom is 0.319 e. The molecule has 7 rings (SSSR count). The number of ether oxygens (including phenoxy) is 1. The van der Waals surface area contributed by atoms with E-state index in [2.05, 4.69) is 34.4 Å². The average Bonchev–Trinajstić information content (AvgIpc) is 3.58. The first-order chi connectivity index (χ1) is 22.1. The SMILES string of the molecule is C#Cc1c(F)ccc2cccc(-c3ncc4c(N(C)C5CCN(C(=O)C=C)C5C)nc(OC[C@@H]5CC6(CC6)CN5C)nc4c3F)c12. The predicted octanol–water partition coefficient (Wildman–Crippen LogP) is 5.58. The fourth-order valence-electron chi connectivity index (χ4n) is 7.54. The molecule has 3 fully saturated rings. The summed E-state index contributed by atoms with van der Waals surface area (Å²) in [6.45, 7) is 7.61. The fraction of sp³-hybridized carbons (Fsp3) is 0.389. The van der Waals surface area contributed by atoms with Crippen LogP contribution in [0.25, 0.3) is 32.9 Å². The van der Waals surface area contributed by atoms with Crippen LogP contribution in [0.3, 0.4) is 0 Å². The van der Waals surface area contributed by atoms with Gasteiger partial charge in [-0.05, 0) is 62.6 Å². The lowest BCUT2D eigenvalue weighted by atomic mass is 9.96. The Balaban J connectivity index is 1.33. The van der Waals surface area contributed by atoms with Crippen LogP contribution in [0.5, 0.6) is 6.01 Å². The summed E-state index contributed by atoms with van der Waals surface area (Å²) in [5.41, 5.74) is 0.848. The smallest absolute Gasteiger partial charge is 0.319 e. The Kier molecular flexibility index (Phi) is 7.40. The molecule has 4 heterocycles. The lowest BCUT2D eigenvalue weighted by Gasteiger charge is -2.32. The van der Waals surface area contributed by atoms with Gasteiger partial charge < -0.3 is 14.5 Å². The van der Waals surface area contributed by atoms with E-state index < -0.39 is 11.6 Å². The van der Waals surface area contributed by atoms with Crippen LogP contribution in [0.1, 0.15) is 38.2 Å². The van der Waals surface area contributed by atoms with Crippen LogP contribution in [0.2, 0.25) is 0 Å². The Morgan fingerprint density at radius 3 is 2.78 bits per heavy atom. The number of pyridine rings is 1. The number of anilines is 1. The number of hydrogen-bond acceptors (Lipinski definition) is 7. The Hall–Kier alpha value is -4.62. The zero-order valence-corrected chi connectivity index (χ0v) is 26.3. The Morgan fingerprint density at radius 2 is 2.07 bits per heavy atom. The topological polar surface area (TPSA) is 74.7 Å². The van der Waals surface area contributed by atoms with Crippen molar-refractivity contribution in [2.45, 2.75) is 50.7 Å². The summed E-state index contributed by atoms with van der Waals surface area (Å²) < 4.78 is 37.8. The number of fused-ring (bicyclic) bond motifs is 2. The van der Waals surface area contributed by atoms with Gasteiger partial charge in [0.1, 0.15) is 29.5 Å². The van der Waals surface area contributed by atoms with Crippen LogP contribution in [-0.4, -0.2) is 82.6 Å². The number of aromatic nitrogens is 3. The molecule has 1 saturated carbocycles. The maximum atomic E-state index is 16.8. The number of rotatable bonds is 7. The normalized spacial score (nSPS) is 22.0. The largest absolute Gasteiger partial charge is 0.462 e. The van der Waals surface area contributed by atoms with Crippen LogP contribution in [-0.2, 0) is 4.79 Å². The molecule has 2 aliphatic heterocycles. The third-order valence-corrected chi connectivity index (χ3v) is 10.3. The molecule has 2 unspecified atom stereocenters. The molecule has 3 atom stereocenters. The molecule has 2 saturated heterocycles. The molecule has 8 nitrogen and oxygen atoms in total. The highest BCUT2D eigenvalue weighted by Crippen LogP contribution is 2.54. The summed E-state index contributed by atoms with van der Waals surface area (Å²) in [5.74, 6) is 1.50. The minimum atomic E-state index is -0.683. The Bertz CT molecular complexity index is 1940. The van der Waals surface area contributed by atoms with Gasteiger partial charge in [0.25, 0.3) is 0 Å². The van der Waals surface area contributed by atoms with Crippen molar-refractivity contribution >= 4 is 33.4 Å². The minimum absolute atomic E-state index is 0.00152. The molecule has 0 radical (unpaired) electrons. The number of terminal acetylenes is 1. The molecule has 4 aromatic rings. The number of likely N-dealkylation sites (N-methyl/N-ethyl adjacent to an activating group) is 2. The standard InChI is InChI=1S/C36H36F2N6O2/c1-6-24-27(37)12-11-22-9-8-10-25(30(22)24)32-31(38)33-26(18-39-32)34(43(5)28-13-16-44(21(28)3)29(45)7-2)41-35(40-33)46-19-23-17-36(14-15-36)20-42(23)4/h1,7-12,18,21,23,28H,2,13-17,19-20H2,3-5H3/t21?,23-,28?/m0/s1. The summed E-state index contributed by atoms with van der Waals surface area (Å²) >= 11 is 0. The summed E-state index contributed by atoms with van der Waals surface area (Å²) in [7, 11) is 3.99. The number of carbonyl (C=O) groups is 1. The number of benzene rings is 2. The van der Waals surface area contributed by atoms with Gasteiger partial charge in [-0.2, -0.15) is 9.97 Å². The van der Waals surface area contributed by atoms with E-state index >= 15 is 4.39 Å². The van der Waals surface area contributed by atoms with E-state index in [-0.39, 0.29) is 46.8 Å². The highest BCUT2D eigenvalue weighted by Gasteiger charge is 2.51. The Morgan fingerprint density at radius 1 is 1.26 bits per heavy atom. The third-order valence-electron chi connectivity index (χ3n) is 10.3. The average molecular weight is 623 g/mol. The van der Waals surface area contributed by atoms with Gasteiger partial charge in [-0.3, -0.25) is 14.7 Å². The van der Waals surface area contributed by atoms with Crippen molar-refractivity contribution in [2.75, 3.05) is 38.7 Å². The van der Waals surface area contributed by atoms with Gasteiger partial charge in [-0.1, -0.05) is 36.8 Å². The lowest BCUT2D eigenvalue weighted by molar-refractivity contribution is -0.126. The van der Waals surface area contributed by atoms with Crippen molar-refractivity contribution < 1.29 is 18.3 Å². The van der Waals surface area contributed by atoms with Gasteiger partial charge in [0.05, 0.1) is 17.0 Å². The molecule has 0 bridgehead atoms. The molecular weight excluding hydrogens is 586 g/mol. The number of nitrogens with zero attached hydrogens (tertiary/aromatic N) is 6. The van der Waals surface area contributed by atoms with Crippen LogP contribution in [0, 0.1) is 29.4 Å². The number of amides is 1. The van der Waals surface area contributed by atoms with E-state index in [0.29, 0.717) is 52.5 Å². The van der Waals surface area contributed by atoms with Crippen LogP contribution in [0.15, 0.2) is 49.2 Å². The molecular formula is C36H36F2N6O2. The van der Waals surface area contributed by atoms with E-state index in [0.717, 1.165) is 13.0 Å². The highest BCUT2D eigenvalue weighted by atomic mass is 19.1. The first-order valence-electron chi connectivity index (χ1n) is 15.7. The molecule has 0 N–H and O–H groups in total. The number of halogens is 2. The summed E-state index contributed by atoms with van der Waals surface area (Å²) in [6.07, 6.45) is 12.8. The first kappa shape index (κ1) is 30.1. The van der Waals surface area contributed by atoms with Crippen molar-refractivity contribution in [3.63, 3.8) is 0 Å². The lowest BCUT2D eigenvalue weighted by Crippen LogP contribution is -2.43. The third kappa shape index (κ3) is 4.94. The molecule has 1 amide bonds. The quantitative estimate of drug-likeness (QED) is 0.197. The molecule has 2 aromatic heterocycles. The Labute approximate surface area is 267 Å². The maximum absolute atomic E-state index is 16.8. The van der Waals surface area contributed by atoms with Crippen molar-refractivity contribution in [1.29, 1.82) is 0 Å². The van der Waals surface area contributed by atoms with E-state index in [1.165, 1.54) is 25.0 Å². The molecule has 46 heavy (non-hydrogen) atoms. The van der Waals surface area contributed by atoms with Gasteiger partial charge in [-0.15, -0.1) is 6.42 Å². The van der Waals surface area contributed by atoms with Gasteiger partial charge in [-0.25, -0.2) is 8.78 Å². The van der Waals surface area contributed by atoms with E-state index in [9.17, 15) is 9.18 Å². The fourth-order valence-corrected chi connectivity index (χ4v) is 7.54. The second-order valence-corrected chi connectivity index (χ2v) is 13.0. The highest BCUT2D eigenvalue weighted by molar-refractivity contribution is 6.02. The zero-order valence-electron chi connectivity index (χ0n) is 26.3. The molecule has 2 aromatic carbocycles. The molecule has 1 spiro atoms. The van der Waals surface area contributed by atoms with Crippen LogP contribution < -0.4 is 9.64 Å². The molecule has 1 aliphatic carbocycles. The second kappa shape index (κ2) is 11.3. The summed E-state index contributed by atoms with van der Waals surface area (Å²) in [4.78, 5) is 32.5. The van der Waals surface area contributed by atoms with E-state index in [1.54, 1.807) is 35.4 Å². The molecule has 3 aliphatic rings. The second-order valence-electron chi connectivity index (χ2n) is 13.0. The first-order valence-corrected chi connectivity index (χ1v) is 15.7. The number of likely N-dealkylation sites (tertiary alicyclic amines) is 2. The molecule has 236 valence electrons. The van der Waals surface area contributed by atoms with Crippen LogP contribution in [0.4, 0.5) is 14.6 Å². The van der Waals surface area contributed by atoms with Crippen molar-refractivity contribution in [1.82, 2.24) is 24.8 Å². The minimum Gasteiger partial charge on any atom is -0.462 e.